The van der Waals surface area contributed by atoms with E-state index in [-0.39, 0.29) is 23.0 Å². The lowest BCUT2D eigenvalue weighted by molar-refractivity contribution is -0.118. The van der Waals surface area contributed by atoms with Crippen LogP contribution in [0.1, 0.15) is 12.0 Å². The van der Waals surface area contributed by atoms with Gasteiger partial charge >= 0.3 is 0 Å². The number of aromatic nitrogens is 1. The largest absolute Gasteiger partial charge is 0.284 e. The standard InChI is InChI=1S/C24H21ClN2O3S3/c1-31-19-9-12-21-22(15-19)32-24(26-21)27(16-17-5-3-2-4-6-17)23(28)13-14-33(29,30)20-10-7-18(25)8-11-20/h2-12,15H,13-14,16H2,1H3. The number of carbonyl (C=O) groups excluding carboxylic acids is 1. The van der Waals surface area contributed by atoms with Crippen LogP contribution in [0.2, 0.25) is 5.02 Å². The zero-order valence-corrected chi connectivity index (χ0v) is 21.0. The van der Waals surface area contributed by atoms with Crippen molar-refractivity contribution in [2.75, 3.05) is 16.9 Å². The molecule has 4 rings (SSSR count). The molecule has 9 heteroatoms. The maximum Gasteiger partial charge on any atom is 0.230 e. The molecule has 0 spiro atoms. The summed E-state index contributed by atoms with van der Waals surface area (Å²) in [6.07, 6.45) is 1.86. The van der Waals surface area contributed by atoms with E-state index in [1.807, 2.05) is 48.7 Å². The van der Waals surface area contributed by atoms with Crippen molar-refractivity contribution in [2.45, 2.75) is 22.8 Å². The molecule has 1 heterocycles. The molecule has 170 valence electrons. The molecular formula is C24H21ClN2O3S3. The lowest BCUT2D eigenvalue weighted by Crippen LogP contribution is -2.31. The average molecular weight is 517 g/mol. The highest BCUT2D eigenvalue weighted by Gasteiger charge is 2.23. The molecule has 0 bridgehead atoms. The van der Waals surface area contributed by atoms with Crippen LogP contribution in [0.25, 0.3) is 10.2 Å². The van der Waals surface area contributed by atoms with Gasteiger partial charge in [-0.25, -0.2) is 13.4 Å². The number of nitrogens with zero attached hydrogens (tertiary/aromatic N) is 2. The van der Waals surface area contributed by atoms with Crippen LogP contribution in [-0.2, 0) is 21.2 Å². The number of thiazole rings is 1. The Balaban J connectivity index is 1.60. The van der Waals surface area contributed by atoms with Gasteiger partial charge in [0, 0.05) is 16.3 Å². The number of amides is 1. The summed E-state index contributed by atoms with van der Waals surface area (Å²) in [6, 6.07) is 21.6. The second-order valence-electron chi connectivity index (χ2n) is 7.32. The minimum atomic E-state index is -3.62. The number of hydrogen-bond donors (Lipinski definition) is 0. The highest BCUT2D eigenvalue weighted by Crippen LogP contribution is 2.33. The number of anilines is 1. The van der Waals surface area contributed by atoms with Crippen LogP contribution in [-0.4, -0.2) is 31.3 Å². The topological polar surface area (TPSA) is 67.3 Å². The summed E-state index contributed by atoms with van der Waals surface area (Å²) in [5, 5.41) is 1.01. The summed E-state index contributed by atoms with van der Waals surface area (Å²) < 4.78 is 26.5. The van der Waals surface area contributed by atoms with Gasteiger partial charge in [0.05, 0.1) is 27.4 Å². The SMILES string of the molecule is CSc1ccc2nc(N(Cc3ccccc3)C(=O)CCS(=O)(=O)c3ccc(Cl)cc3)sc2c1. The van der Waals surface area contributed by atoms with E-state index in [0.29, 0.717) is 16.7 Å². The average Bonchev–Trinajstić information content (AvgIpc) is 3.25. The van der Waals surface area contributed by atoms with Gasteiger partial charge < -0.3 is 0 Å². The molecule has 0 N–H and O–H groups in total. The number of fused-ring (bicyclic) bond motifs is 1. The highest BCUT2D eigenvalue weighted by molar-refractivity contribution is 7.98. The van der Waals surface area contributed by atoms with Gasteiger partial charge in [-0.1, -0.05) is 53.3 Å². The predicted octanol–water partition coefficient (Wildman–Crippen LogP) is 6.07. The molecule has 4 aromatic rings. The Morgan fingerprint density at radius 2 is 1.79 bits per heavy atom. The second kappa shape index (κ2) is 10.3. The molecule has 0 fully saturated rings. The zero-order valence-electron chi connectivity index (χ0n) is 17.8. The molecule has 1 amide bonds. The van der Waals surface area contributed by atoms with Crippen molar-refractivity contribution in [3.63, 3.8) is 0 Å². The first-order valence-corrected chi connectivity index (χ1v) is 14.2. The van der Waals surface area contributed by atoms with E-state index in [4.69, 9.17) is 11.6 Å². The first kappa shape index (κ1) is 23.8. The number of thioether (sulfide) groups is 1. The summed E-state index contributed by atoms with van der Waals surface area (Å²) in [4.78, 5) is 20.8. The molecule has 5 nitrogen and oxygen atoms in total. The van der Waals surface area contributed by atoms with Gasteiger partial charge in [-0.15, -0.1) is 11.8 Å². The van der Waals surface area contributed by atoms with E-state index < -0.39 is 9.84 Å². The quantitative estimate of drug-likeness (QED) is 0.266. The van der Waals surface area contributed by atoms with Crippen LogP contribution in [0, 0.1) is 0 Å². The van der Waals surface area contributed by atoms with Crippen molar-refractivity contribution in [3.05, 3.63) is 83.4 Å². The molecular weight excluding hydrogens is 496 g/mol. The summed E-state index contributed by atoms with van der Waals surface area (Å²) in [5.41, 5.74) is 1.75. The van der Waals surface area contributed by atoms with Crippen molar-refractivity contribution in [1.82, 2.24) is 4.98 Å². The Labute approximate surface area is 206 Å². The molecule has 0 aliphatic rings. The van der Waals surface area contributed by atoms with Crippen LogP contribution in [0.4, 0.5) is 5.13 Å². The zero-order chi connectivity index (χ0) is 23.4. The van der Waals surface area contributed by atoms with E-state index in [1.54, 1.807) is 16.7 Å². The fourth-order valence-electron chi connectivity index (χ4n) is 3.28. The van der Waals surface area contributed by atoms with E-state index in [9.17, 15) is 13.2 Å². The minimum absolute atomic E-state index is 0.149. The van der Waals surface area contributed by atoms with Crippen LogP contribution >= 0.6 is 34.7 Å². The molecule has 1 aromatic heterocycles. The number of sulfone groups is 1. The first-order valence-electron chi connectivity index (χ1n) is 10.1. The molecule has 33 heavy (non-hydrogen) atoms. The molecule has 0 unspecified atom stereocenters. The molecule has 0 saturated carbocycles. The lowest BCUT2D eigenvalue weighted by atomic mass is 10.2. The maximum absolute atomic E-state index is 13.3. The van der Waals surface area contributed by atoms with Gasteiger partial charge in [0.2, 0.25) is 5.91 Å². The van der Waals surface area contributed by atoms with Crippen LogP contribution < -0.4 is 4.90 Å². The maximum atomic E-state index is 13.3. The number of halogens is 1. The number of hydrogen-bond acceptors (Lipinski definition) is 6. The van der Waals surface area contributed by atoms with E-state index >= 15 is 0 Å². The smallest absolute Gasteiger partial charge is 0.230 e. The Morgan fingerprint density at radius 3 is 2.48 bits per heavy atom. The lowest BCUT2D eigenvalue weighted by Gasteiger charge is -2.20. The van der Waals surface area contributed by atoms with Crippen LogP contribution in [0.15, 0.2) is 82.6 Å². The van der Waals surface area contributed by atoms with Crippen LogP contribution in [0.5, 0.6) is 0 Å². The summed E-state index contributed by atoms with van der Waals surface area (Å²) in [5.74, 6) is -0.583. The molecule has 3 aromatic carbocycles. The van der Waals surface area contributed by atoms with E-state index in [0.717, 1.165) is 20.7 Å². The van der Waals surface area contributed by atoms with Gasteiger partial charge in [-0.2, -0.15) is 0 Å². The van der Waals surface area contributed by atoms with Crippen LogP contribution in [0.3, 0.4) is 0 Å². The van der Waals surface area contributed by atoms with Crippen molar-refractivity contribution in [2.24, 2.45) is 0 Å². The minimum Gasteiger partial charge on any atom is -0.284 e. The summed E-state index contributed by atoms with van der Waals surface area (Å²) >= 11 is 8.94. The van der Waals surface area contributed by atoms with Gasteiger partial charge in [0.1, 0.15) is 0 Å². The second-order valence-corrected chi connectivity index (χ2v) is 11.8. The Morgan fingerprint density at radius 1 is 1.06 bits per heavy atom. The van der Waals surface area contributed by atoms with Gasteiger partial charge in [0.15, 0.2) is 15.0 Å². The first-order chi connectivity index (χ1) is 15.9. The number of rotatable bonds is 8. The van der Waals surface area contributed by atoms with Gasteiger partial charge in [-0.05, 0) is 54.3 Å². The number of carbonyl (C=O) groups is 1. The van der Waals surface area contributed by atoms with Crippen molar-refractivity contribution >= 4 is 65.8 Å². The fraction of sp³-hybridized carbons (Fsp3) is 0.167. The Kier molecular flexibility index (Phi) is 7.38. The predicted molar refractivity (Wildman–Crippen MR) is 137 cm³/mol. The Hall–Kier alpha value is -2.39. The third-order valence-electron chi connectivity index (χ3n) is 5.06. The molecule has 0 aliphatic heterocycles. The van der Waals surface area contributed by atoms with Gasteiger partial charge in [0.25, 0.3) is 0 Å². The van der Waals surface area contributed by atoms with Crippen molar-refractivity contribution < 1.29 is 13.2 Å². The molecule has 0 atom stereocenters. The third kappa shape index (κ3) is 5.76. The third-order valence-corrected chi connectivity index (χ3v) is 8.81. The van der Waals surface area contributed by atoms with E-state index in [1.165, 1.54) is 35.6 Å². The van der Waals surface area contributed by atoms with E-state index in [2.05, 4.69) is 11.1 Å². The summed E-state index contributed by atoms with van der Waals surface area (Å²) in [7, 11) is -3.62. The number of benzene rings is 3. The summed E-state index contributed by atoms with van der Waals surface area (Å²) in [6.45, 7) is 0.315. The highest BCUT2D eigenvalue weighted by atomic mass is 35.5. The molecule has 0 saturated heterocycles. The fourth-order valence-corrected chi connectivity index (χ4v) is 6.17. The Bertz CT molecular complexity index is 1370. The molecule has 0 radical (unpaired) electrons. The molecule has 0 aliphatic carbocycles. The van der Waals surface area contributed by atoms with Gasteiger partial charge in [-0.3, -0.25) is 9.69 Å². The van der Waals surface area contributed by atoms with Crippen molar-refractivity contribution in [3.8, 4) is 0 Å². The normalized spacial score (nSPS) is 11.6. The van der Waals surface area contributed by atoms with Crippen molar-refractivity contribution in [1.29, 1.82) is 0 Å². The monoisotopic (exact) mass is 516 g/mol.